The van der Waals surface area contributed by atoms with Crippen molar-refractivity contribution in [2.75, 3.05) is 12.0 Å². The van der Waals surface area contributed by atoms with E-state index in [1.165, 1.54) is 0 Å². The Bertz CT molecular complexity index is 1190. The highest BCUT2D eigenvalue weighted by Gasteiger charge is 2.34. The first-order chi connectivity index (χ1) is 15.4. The first-order valence-corrected chi connectivity index (χ1v) is 10.8. The minimum absolute atomic E-state index is 0.163. The molecule has 3 aromatic carbocycles. The predicted molar refractivity (Wildman–Crippen MR) is 127 cm³/mol. The van der Waals surface area contributed by atoms with Gasteiger partial charge in [-0.25, -0.2) is 9.69 Å². The molecule has 162 valence electrons. The van der Waals surface area contributed by atoms with Crippen molar-refractivity contribution in [1.82, 2.24) is 5.32 Å². The van der Waals surface area contributed by atoms with Gasteiger partial charge in [0.25, 0.3) is 5.91 Å². The number of benzene rings is 3. The van der Waals surface area contributed by atoms with Crippen LogP contribution in [0, 0.1) is 0 Å². The number of rotatable bonds is 6. The second kappa shape index (κ2) is 9.46. The topological polar surface area (TPSA) is 67.9 Å². The molecule has 3 amide bonds. The van der Waals surface area contributed by atoms with Crippen LogP contribution in [0.25, 0.3) is 6.08 Å². The molecule has 1 N–H and O–H groups in total. The number of urea groups is 1. The van der Waals surface area contributed by atoms with Gasteiger partial charge in [0.1, 0.15) is 12.3 Å². The van der Waals surface area contributed by atoms with Crippen LogP contribution in [0.4, 0.5) is 10.5 Å². The molecule has 0 aliphatic carbocycles. The van der Waals surface area contributed by atoms with Gasteiger partial charge in [-0.15, -0.1) is 0 Å². The second-order valence-corrected chi connectivity index (χ2v) is 8.28. The SMILES string of the molecule is COc1cc(/C=C2/NC(=O)N(c3ccc(Cl)cc3)C2=O)ccc1OCc1ccc(Br)cc1. The Labute approximate surface area is 198 Å². The Morgan fingerprint density at radius 1 is 1.00 bits per heavy atom. The van der Waals surface area contributed by atoms with Crippen LogP contribution >= 0.6 is 27.5 Å². The summed E-state index contributed by atoms with van der Waals surface area (Å²) in [5.74, 6) is 0.636. The Morgan fingerprint density at radius 2 is 1.72 bits per heavy atom. The van der Waals surface area contributed by atoms with Gasteiger partial charge in [0.15, 0.2) is 11.5 Å². The first-order valence-electron chi connectivity index (χ1n) is 9.62. The van der Waals surface area contributed by atoms with E-state index in [1.54, 1.807) is 55.7 Å². The zero-order chi connectivity index (χ0) is 22.7. The van der Waals surface area contributed by atoms with Gasteiger partial charge >= 0.3 is 6.03 Å². The van der Waals surface area contributed by atoms with E-state index < -0.39 is 11.9 Å². The molecule has 6 nitrogen and oxygen atoms in total. The molecular weight excluding hydrogens is 496 g/mol. The monoisotopic (exact) mass is 512 g/mol. The maximum atomic E-state index is 12.8. The highest BCUT2D eigenvalue weighted by atomic mass is 79.9. The maximum Gasteiger partial charge on any atom is 0.333 e. The third-order valence-electron chi connectivity index (χ3n) is 4.77. The number of amides is 3. The number of hydrogen-bond acceptors (Lipinski definition) is 4. The lowest BCUT2D eigenvalue weighted by Crippen LogP contribution is -2.30. The average Bonchev–Trinajstić information content (AvgIpc) is 3.07. The number of carbonyl (C=O) groups excluding carboxylic acids is 2. The molecule has 1 heterocycles. The minimum Gasteiger partial charge on any atom is -0.493 e. The summed E-state index contributed by atoms with van der Waals surface area (Å²) in [4.78, 5) is 26.2. The lowest BCUT2D eigenvalue weighted by molar-refractivity contribution is -0.113. The Balaban J connectivity index is 1.52. The van der Waals surface area contributed by atoms with E-state index >= 15 is 0 Å². The van der Waals surface area contributed by atoms with Gasteiger partial charge in [0.2, 0.25) is 0 Å². The number of imide groups is 1. The summed E-state index contributed by atoms with van der Waals surface area (Å²) < 4.78 is 12.3. The number of ether oxygens (including phenoxy) is 2. The summed E-state index contributed by atoms with van der Waals surface area (Å²) >= 11 is 9.30. The molecule has 8 heteroatoms. The van der Waals surface area contributed by atoms with Crippen LogP contribution in [0.5, 0.6) is 11.5 Å². The van der Waals surface area contributed by atoms with Crippen molar-refractivity contribution in [2.45, 2.75) is 6.61 Å². The number of carbonyl (C=O) groups is 2. The minimum atomic E-state index is -0.523. The molecule has 3 aromatic rings. The Hall–Kier alpha value is -3.29. The lowest BCUT2D eigenvalue weighted by Gasteiger charge is -2.12. The highest BCUT2D eigenvalue weighted by Crippen LogP contribution is 2.31. The summed E-state index contributed by atoms with van der Waals surface area (Å²) in [5, 5.41) is 3.13. The number of nitrogens with one attached hydrogen (secondary N) is 1. The van der Waals surface area contributed by atoms with Crippen LogP contribution in [0.1, 0.15) is 11.1 Å². The molecule has 1 saturated heterocycles. The van der Waals surface area contributed by atoms with Gasteiger partial charge in [-0.3, -0.25) is 4.79 Å². The first kappa shape index (κ1) is 21.9. The standard InChI is InChI=1S/C24H18BrClN2O4/c1-31-22-13-16(4-11-21(22)32-14-15-2-5-17(25)6-3-15)12-20-23(29)28(24(30)27-20)19-9-7-18(26)8-10-19/h2-13H,14H2,1H3,(H,27,30)/b20-12+. The van der Waals surface area contributed by atoms with Crippen LogP contribution in [0.15, 0.2) is 76.9 Å². The third-order valence-corrected chi connectivity index (χ3v) is 5.55. The van der Waals surface area contributed by atoms with E-state index in [2.05, 4.69) is 21.2 Å². The molecule has 0 spiro atoms. The number of methoxy groups -OCH3 is 1. The van der Waals surface area contributed by atoms with Gasteiger partial charge in [-0.2, -0.15) is 0 Å². The number of halogens is 2. The molecule has 1 aliphatic heterocycles. The molecule has 0 radical (unpaired) electrons. The normalized spacial score (nSPS) is 14.6. The maximum absolute atomic E-state index is 12.8. The second-order valence-electron chi connectivity index (χ2n) is 6.93. The summed E-state index contributed by atoms with van der Waals surface area (Å²) in [6, 6.07) is 19.1. The fraction of sp³-hybridized carbons (Fsp3) is 0.0833. The molecule has 0 unspecified atom stereocenters. The van der Waals surface area contributed by atoms with Gasteiger partial charge in [0, 0.05) is 9.50 Å². The zero-order valence-electron chi connectivity index (χ0n) is 17.0. The van der Waals surface area contributed by atoms with Crippen molar-refractivity contribution < 1.29 is 19.1 Å². The van der Waals surface area contributed by atoms with Crippen molar-refractivity contribution in [3.8, 4) is 11.5 Å². The van der Waals surface area contributed by atoms with Crippen LogP contribution in [-0.4, -0.2) is 19.0 Å². The third kappa shape index (κ3) is 4.79. The highest BCUT2D eigenvalue weighted by molar-refractivity contribution is 9.10. The smallest absolute Gasteiger partial charge is 0.333 e. The van der Waals surface area contributed by atoms with Crippen LogP contribution in [0.2, 0.25) is 5.02 Å². The lowest BCUT2D eigenvalue weighted by atomic mass is 10.1. The molecule has 0 aromatic heterocycles. The summed E-state index contributed by atoms with van der Waals surface area (Å²) in [7, 11) is 1.55. The Morgan fingerprint density at radius 3 is 2.41 bits per heavy atom. The van der Waals surface area contributed by atoms with Gasteiger partial charge < -0.3 is 14.8 Å². The fourth-order valence-electron chi connectivity index (χ4n) is 3.16. The van der Waals surface area contributed by atoms with Crippen molar-refractivity contribution in [2.24, 2.45) is 0 Å². The number of anilines is 1. The molecular formula is C24H18BrClN2O4. The van der Waals surface area contributed by atoms with Crippen molar-refractivity contribution in [3.05, 3.63) is 93.0 Å². The molecule has 32 heavy (non-hydrogen) atoms. The van der Waals surface area contributed by atoms with Gasteiger partial charge in [-0.1, -0.05) is 45.7 Å². The van der Waals surface area contributed by atoms with E-state index in [1.807, 2.05) is 24.3 Å². The molecule has 0 bridgehead atoms. The number of nitrogens with zero attached hydrogens (tertiary/aromatic N) is 1. The largest absolute Gasteiger partial charge is 0.493 e. The molecule has 1 aliphatic rings. The van der Waals surface area contributed by atoms with Crippen molar-refractivity contribution in [1.29, 1.82) is 0 Å². The van der Waals surface area contributed by atoms with E-state index in [9.17, 15) is 9.59 Å². The quantitative estimate of drug-likeness (QED) is 0.335. The fourth-order valence-corrected chi connectivity index (χ4v) is 3.55. The van der Waals surface area contributed by atoms with E-state index in [-0.39, 0.29) is 5.70 Å². The van der Waals surface area contributed by atoms with E-state index in [0.29, 0.717) is 34.4 Å². The Kier molecular flexibility index (Phi) is 6.48. The van der Waals surface area contributed by atoms with E-state index in [0.717, 1.165) is 14.9 Å². The van der Waals surface area contributed by atoms with Crippen LogP contribution in [0.3, 0.4) is 0 Å². The zero-order valence-corrected chi connectivity index (χ0v) is 19.3. The number of hydrogen-bond donors (Lipinski definition) is 1. The molecule has 4 rings (SSSR count). The van der Waals surface area contributed by atoms with Crippen molar-refractivity contribution in [3.63, 3.8) is 0 Å². The van der Waals surface area contributed by atoms with Crippen LogP contribution < -0.4 is 19.7 Å². The van der Waals surface area contributed by atoms with Crippen LogP contribution in [-0.2, 0) is 11.4 Å². The summed E-state index contributed by atoms with van der Waals surface area (Å²) in [6.45, 7) is 0.384. The predicted octanol–water partition coefficient (Wildman–Crippen LogP) is 5.79. The average molecular weight is 514 g/mol. The summed E-state index contributed by atoms with van der Waals surface area (Å²) in [6.07, 6.45) is 1.59. The summed E-state index contributed by atoms with van der Waals surface area (Å²) in [5.41, 5.74) is 2.30. The van der Waals surface area contributed by atoms with Gasteiger partial charge in [0.05, 0.1) is 12.8 Å². The van der Waals surface area contributed by atoms with E-state index in [4.69, 9.17) is 21.1 Å². The molecule has 1 fully saturated rings. The van der Waals surface area contributed by atoms with Gasteiger partial charge in [-0.05, 0) is 65.7 Å². The van der Waals surface area contributed by atoms with Crippen molar-refractivity contribution >= 4 is 51.2 Å². The molecule has 0 atom stereocenters. The molecule has 0 saturated carbocycles.